The van der Waals surface area contributed by atoms with Gasteiger partial charge in [-0.15, -0.1) is 13.2 Å². The molecule has 0 atom stereocenters. The topological polar surface area (TPSA) is 62.3 Å². The first-order valence-electron chi connectivity index (χ1n) is 11.0. The molecule has 0 aromatic heterocycles. The molecule has 2 aliphatic rings. The molecule has 1 aromatic rings. The van der Waals surface area contributed by atoms with Crippen molar-refractivity contribution in [1.29, 1.82) is 0 Å². The average Bonchev–Trinajstić information content (AvgIpc) is 2.76. The van der Waals surface area contributed by atoms with Gasteiger partial charge in [0.2, 0.25) is 5.91 Å². The standard InChI is InChI=1S/C22H30F3N3O4/c1-2-31-21(30)18-7-9-28(10-8-18)20(29)16-27-13-11-26(12-14-27)15-17-3-5-19(6-4-17)32-22(23,24)25/h3-6,18H,2,7-16H2,1H3. The molecule has 7 nitrogen and oxygen atoms in total. The first-order chi connectivity index (χ1) is 15.2. The number of piperazine rings is 1. The summed E-state index contributed by atoms with van der Waals surface area (Å²) in [5.41, 5.74) is 0.911. The second-order valence-corrected chi connectivity index (χ2v) is 8.15. The van der Waals surface area contributed by atoms with Gasteiger partial charge in [-0.25, -0.2) is 0 Å². The largest absolute Gasteiger partial charge is 0.573 e. The molecule has 2 fully saturated rings. The molecule has 3 rings (SSSR count). The number of carbonyl (C=O) groups is 2. The Balaban J connectivity index is 1.37. The maximum atomic E-state index is 12.6. The molecule has 178 valence electrons. The first kappa shape index (κ1) is 24.3. The molecule has 1 amide bonds. The Morgan fingerprint density at radius 3 is 2.12 bits per heavy atom. The van der Waals surface area contributed by atoms with Crippen molar-refractivity contribution in [2.45, 2.75) is 32.7 Å². The Bertz CT molecular complexity index is 757. The number of carbonyl (C=O) groups excluding carboxylic acids is 2. The van der Waals surface area contributed by atoms with Crippen LogP contribution in [0.2, 0.25) is 0 Å². The van der Waals surface area contributed by atoms with E-state index in [0.717, 1.165) is 31.7 Å². The summed E-state index contributed by atoms with van der Waals surface area (Å²) in [7, 11) is 0. The van der Waals surface area contributed by atoms with Crippen LogP contribution in [0.3, 0.4) is 0 Å². The normalized spacial score (nSPS) is 19.1. The molecule has 0 aliphatic carbocycles. The summed E-state index contributed by atoms with van der Waals surface area (Å²) in [6.45, 7) is 7.38. The lowest BCUT2D eigenvalue weighted by Crippen LogP contribution is -2.51. The fourth-order valence-electron chi connectivity index (χ4n) is 4.08. The maximum absolute atomic E-state index is 12.6. The van der Waals surface area contributed by atoms with Crippen molar-refractivity contribution in [3.05, 3.63) is 29.8 Å². The van der Waals surface area contributed by atoms with Crippen molar-refractivity contribution in [2.24, 2.45) is 5.92 Å². The van der Waals surface area contributed by atoms with Gasteiger partial charge in [0.15, 0.2) is 0 Å². The zero-order chi connectivity index (χ0) is 23.1. The Morgan fingerprint density at radius 2 is 1.56 bits per heavy atom. The molecule has 10 heteroatoms. The third kappa shape index (κ3) is 7.37. The lowest BCUT2D eigenvalue weighted by Gasteiger charge is -2.36. The summed E-state index contributed by atoms with van der Waals surface area (Å²) in [6.07, 6.45) is -3.40. The van der Waals surface area contributed by atoms with Gasteiger partial charge in [0.05, 0.1) is 19.1 Å². The number of hydrogen-bond donors (Lipinski definition) is 0. The van der Waals surface area contributed by atoms with Crippen LogP contribution < -0.4 is 4.74 Å². The lowest BCUT2D eigenvalue weighted by molar-refractivity contribution is -0.274. The molecule has 0 unspecified atom stereocenters. The van der Waals surface area contributed by atoms with Crippen LogP contribution in [0.1, 0.15) is 25.3 Å². The van der Waals surface area contributed by atoms with Crippen LogP contribution in [0.25, 0.3) is 0 Å². The predicted octanol–water partition coefficient (Wildman–Crippen LogP) is 2.50. The molecule has 1 aromatic carbocycles. The molecular formula is C22H30F3N3O4. The van der Waals surface area contributed by atoms with Gasteiger partial charge in [-0.1, -0.05) is 12.1 Å². The monoisotopic (exact) mass is 457 g/mol. The number of esters is 1. The number of piperidine rings is 1. The molecule has 32 heavy (non-hydrogen) atoms. The minimum absolute atomic E-state index is 0.0843. The van der Waals surface area contributed by atoms with E-state index < -0.39 is 6.36 Å². The van der Waals surface area contributed by atoms with Crippen LogP contribution in [-0.4, -0.2) is 85.4 Å². The van der Waals surface area contributed by atoms with Gasteiger partial charge < -0.3 is 14.4 Å². The minimum atomic E-state index is -4.69. The van der Waals surface area contributed by atoms with Gasteiger partial charge in [-0.3, -0.25) is 19.4 Å². The molecule has 0 saturated carbocycles. The molecule has 0 bridgehead atoms. The van der Waals surface area contributed by atoms with E-state index in [1.807, 2.05) is 4.90 Å². The van der Waals surface area contributed by atoms with Crippen LogP contribution in [0.15, 0.2) is 24.3 Å². The Morgan fingerprint density at radius 1 is 0.969 bits per heavy atom. The van der Waals surface area contributed by atoms with Crippen molar-refractivity contribution in [2.75, 3.05) is 52.4 Å². The quantitative estimate of drug-likeness (QED) is 0.587. The summed E-state index contributed by atoms with van der Waals surface area (Å²) in [5.74, 6) is -0.424. The number of benzene rings is 1. The molecule has 0 N–H and O–H groups in total. The molecule has 2 heterocycles. The van der Waals surface area contributed by atoms with Gasteiger partial charge in [-0.2, -0.15) is 0 Å². The Kier molecular flexibility index (Phi) is 8.36. The highest BCUT2D eigenvalue weighted by Crippen LogP contribution is 2.23. The smallest absolute Gasteiger partial charge is 0.466 e. The molecule has 0 radical (unpaired) electrons. The van der Waals surface area contributed by atoms with E-state index in [4.69, 9.17) is 4.74 Å². The van der Waals surface area contributed by atoms with E-state index in [1.165, 1.54) is 12.1 Å². The maximum Gasteiger partial charge on any atom is 0.573 e. The van der Waals surface area contributed by atoms with Crippen molar-refractivity contribution in [3.63, 3.8) is 0 Å². The highest BCUT2D eigenvalue weighted by atomic mass is 19.4. The highest BCUT2D eigenvalue weighted by Gasteiger charge is 2.31. The van der Waals surface area contributed by atoms with Gasteiger partial charge in [0.1, 0.15) is 5.75 Å². The summed E-state index contributed by atoms with van der Waals surface area (Å²) >= 11 is 0. The molecule has 0 spiro atoms. The molecule has 2 aliphatic heterocycles. The number of likely N-dealkylation sites (tertiary alicyclic amines) is 1. The first-order valence-corrected chi connectivity index (χ1v) is 11.0. The fourth-order valence-corrected chi connectivity index (χ4v) is 4.08. The van der Waals surface area contributed by atoms with Gasteiger partial charge >= 0.3 is 12.3 Å². The fraction of sp³-hybridized carbons (Fsp3) is 0.636. The van der Waals surface area contributed by atoms with Crippen LogP contribution in [0.5, 0.6) is 5.75 Å². The number of nitrogens with zero attached hydrogens (tertiary/aromatic N) is 3. The van der Waals surface area contributed by atoms with Crippen molar-refractivity contribution < 1.29 is 32.2 Å². The summed E-state index contributed by atoms with van der Waals surface area (Å²) in [4.78, 5) is 30.6. The summed E-state index contributed by atoms with van der Waals surface area (Å²) < 4.78 is 45.7. The van der Waals surface area contributed by atoms with Gasteiger partial charge in [0.25, 0.3) is 0 Å². The van der Waals surface area contributed by atoms with E-state index in [-0.39, 0.29) is 23.5 Å². The van der Waals surface area contributed by atoms with Crippen LogP contribution >= 0.6 is 0 Å². The van der Waals surface area contributed by atoms with E-state index in [9.17, 15) is 22.8 Å². The second kappa shape index (κ2) is 11.0. The Hall–Kier alpha value is -2.33. The number of halogens is 3. The lowest BCUT2D eigenvalue weighted by atomic mass is 9.97. The second-order valence-electron chi connectivity index (χ2n) is 8.15. The number of amides is 1. The molecule has 2 saturated heterocycles. The zero-order valence-corrected chi connectivity index (χ0v) is 18.3. The number of alkyl halides is 3. The van der Waals surface area contributed by atoms with Crippen LogP contribution in [0, 0.1) is 5.92 Å². The predicted molar refractivity (Wildman–Crippen MR) is 111 cm³/mol. The zero-order valence-electron chi connectivity index (χ0n) is 18.3. The third-order valence-corrected chi connectivity index (χ3v) is 5.85. The van der Waals surface area contributed by atoms with Crippen LogP contribution in [0.4, 0.5) is 13.2 Å². The third-order valence-electron chi connectivity index (χ3n) is 5.85. The SMILES string of the molecule is CCOC(=O)C1CCN(C(=O)CN2CCN(Cc3ccc(OC(F)(F)F)cc3)CC2)CC1. The van der Waals surface area contributed by atoms with Crippen molar-refractivity contribution in [3.8, 4) is 5.75 Å². The van der Waals surface area contributed by atoms with E-state index in [1.54, 1.807) is 19.1 Å². The van der Waals surface area contributed by atoms with E-state index in [2.05, 4.69) is 14.5 Å². The number of hydrogen-bond acceptors (Lipinski definition) is 6. The van der Waals surface area contributed by atoms with E-state index >= 15 is 0 Å². The Labute approximate surface area is 186 Å². The van der Waals surface area contributed by atoms with Crippen molar-refractivity contribution in [1.82, 2.24) is 14.7 Å². The summed E-state index contributed by atoms with van der Waals surface area (Å²) in [5, 5.41) is 0. The van der Waals surface area contributed by atoms with Gasteiger partial charge in [-0.05, 0) is 37.5 Å². The van der Waals surface area contributed by atoms with Gasteiger partial charge in [0, 0.05) is 45.8 Å². The van der Waals surface area contributed by atoms with E-state index in [0.29, 0.717) is 45.6 Å². The highest BCUT2D eigenvalue weighted by molar-refractivity contribution is 5.79. The minimum Gasteiger partial charge on any atom is -0.466 e. The van der Waals surface area contributed by atoms with Crippen molar-refractivity contribution >= 4 is 11.9 Å². The summed E-state index contributed by atoms with van der Waals surface area (Å²) in [6, 6.07) is 5.92. The average molecular weight is 457 g/mol. The van der Waals surface area contributed by atoms with Crippen LogP contribution in [-0.2, 0) is 20.9 Å². The number of rotatable bonds is 7. The molecular weight excluding hydrogens is 427 g/mol. The number of ether oxygens (including phenoxy) is 2.